The van der Waals surface area contributed by atoms with Gasteiger partial charge in [0.05, 0.1) is 0 Å². The summed E-state index contributed by atoms with van der Waals surface area (Å²) in [5, 5.41) is 13.8. The fourth-order valence-electron chi connectivity index (χ4n) is 2.03. The summed E-state index contributed by atoms with van der Waals surface area (Å²) < 4.78 is 0. The summed E-state index contributed by atoms with van der Waals surface area (Å²) in [4.78, 5) is 0. The van der Waals surface area contributed by atoms with Crippen LogP contribution < -0.4 is 21.3 Å². The van der Waals surface area contributed by atoms with Gasteiger partial charge in [0.15, 0.2) is 0 Å². The lowest BCUT2D eigenvalue weighted by Gasteiger charge is -2.08. The third kappa shape index (κ3) is 17.8. The highest BCUT2D eigenvalue weighted by Crippen LogP contribution is 1.90. The summed E-state index contributed by atoms with van der Waals surface area (Å²) in [7, 11) is 0. The topological polar surface area (TPSA) is 48.1 Å². The first kappa shape index (κ1) is 19.8. The third-order valence-electron chi connectivity index (χ3n) is 3.35. The van der Waals surface area contributed by atoms with Gasteiger partial charge in [0, 0.05) is 39.3 Å². The molecule has 0 atom stereocenters. The van der Waals surface area contributed by atoms with Crippen molar-refractivity contribution in [3.63, 3.8) is 0 Å². The van der Waals surface area contributed by atoms with Gasteiger partial charge in [0.2, 0.25) is 0 Å². The zero-order chi connectivity index (χ0) is 14.7. The van der Waals surface area contributed by atoms with E-state index in [1.807, 2.05) is 0 Å². The van der Waals surface area contributed by atoms with Crippen molar-refractivity contribution in [2.24, 2.45) is 0 Å². The predicted molar refractivity (Wildman–Crippen MR) is 90.5 cm³/mol. The van der Waals surface area contributed by atoms with Crippen molar-refractivity contribution in [3.8, 4) is 0 Å². The highest BCUT2D eigenvalue weighted by atomic mass is 15.0. The van der Waals surface area contributed by atoms with Gasteiger partial charge in [-0.1, -0.05) is 39.5 Å². The molecule has 0 aliphatic rings. The van der Waals surface area contributed by atoms with Crippen LogP contribution in [0.25, 0.3) is 0 Å². The zero-order valence-corrected chi connectivity index (χ0v) is 13.9. The van der Waals surface area contributed by atoms with Crippen molar-refractivity contribution >= 4 is 0 Å². The van der Waals surface area contributed by atoms with Gasteiger partial charge in [-0.15, -0.1) is 0 Å². The molecule has 0 saturated carbocycles. The minimum absolute atomic E-state index is 1.06. The largest absolute Gasteiger partial charge is 0.315 e. The second-order valence-electron chi connectivity index (χ2n) is 5.41. The van der Waals surface area contributed by atoms with Crippen molar-refractivity contribution in [2.45, 2.75) is 52.4 Å². The van der Waals surface area contributed by atoms with Crippen molar-refractivity contribution in [1.82, 2.24) is 21.3 Å². The smallest absolute Gasteiger partial charge is 0.00772 e. The van der Waals surface area contributed by atoms with Gasteiger partial charge in [-0.3, -0.25) is 0 Å². The Morgan fingerprint density at radius 1 is 0.400 bits per heavy atom. The third-order valence-corrected chi connectivity index (χ3v) is 3.35. The number of hydrogen-bond acceptors (Lipinski definition) is 4. The van der Waals surface area contributed by atoms with Crippen LogP contribution in [0.5, 0.6) is 0 Å². The van der Waals surface area contributed by atoms with Crippen LogP contribution in [0.15, 0.2) is 0 Å². The molecule has 0 aromatic carbocycles. The molecule has 0 amide bonds. The first-order chi connectivity index (χ1) is 9.91. The summed E-state index contributed by atoms with van der Waals surface area (Å²) >= 11 is 0. The van der Waals surface area contributed by atoms with E-state index in [9.17, 15) is 0 Å². The summed E-state index contributed by atoms with van der Waals surface area (Å²) in [5.41, 5.74) is 0. The monoisotopic (exact) mass is 286 g/mol. The molecule has 0 heterocycles. The maximum absolute atomic E-state index is 3.46. The Kier molecular flexibility index (Phi) is 18.7. The van der Waals surface area contributed by atoms with Crippen molar-refractivity contribution in [1.29, 1.82) is 0 Å². The normalized spacial score (nSPS) is 11.1. The number of nitrogens with one attached hydrogen (secondary N) is 4. The molecular weight excluding hydrogens is 248 g/mol. The summed E-state index contributed by atoms with van der Waals surface area (Å²) in [5.74, 6) is 0. The second kappa shape index (κ2) is 18.8. The second-order valence-corrected chi connectivity index (χ2v) is 5.41. The van der Waals surface area contributed by atoms with E-state index in [1.165, 1.54) is 38.5 Å². The number of unbranched alkanes of at least 4 members (excludes halogenated alkanes) is 4. The van der Waals surface area contributed by atoms with E-state index in [2.05, 4.69) is 35.1 Å². The highest BCUT2D eigenvalue weighted by Gasteiger charge is 1.90. The maximum atomic E-state index is 3.46. The highest BCUT2D eigenvalue weighted by molar-refractivity contribution is 4.56. The molecule has 0 aromatic rings. The van der Waals surface area contributed by atoms with Crippen LogP contribution in [0.1, 0.15) is 52.4 Å². The Labute approximate surface area is 126 Å². The van der Waals surface area contributed by atoms with Crippen LogP contribution in [0.4, 0.5) is 0 Å². The van der Waals surface area contributed by atoms with Crippen LogP contribution in [0, 0.1) is 0 Å². The van der Waals surface area contributed by atoms with E-state index in [1.54, 1.807) is 0 Å². The SMILES string of the molecule is CCCCCNCCNCCNCCNCCCCC. The van der Waals surface area contributed by atoms with Gasteiger partial charge in [-0.25, -0.2) is 0 Å². The summed E-state index contributed by atoms with van der Waals surface area (Å²) in [6.45, 7) is 13.3. The van der Waals surface area contributed by atoms with Gasteiger partial charge in [0.1, 0.15) is 0 Å². The quantitative estimate of drug-likeness (QED) is 0.308. The maximum Gasteiger partial charge on any atom is 0.00772 e. The molecule has 20 heavy (non-hydrogen) atoms. The van der Waals surface area contributed by atoms with Crippen LogP contribution in [0.2, 0.25) is 0 Å². The van der Waals surface area contributed by atoms with Crippen LogP contribution in [-0.2, 0) is 0 Å². The zero-order valence-electron chi connectivity index (χ0n) is 13.9. The Morgan fingerprint density at radius 2 is 0.700 bits per heavy atom. The van der Waals surface area contributed by atoms with Crippen molar-refractivity contribution in [2.75, 3.05) is 52.4 Å². The predicted octanol–water partition coefficient (Wildman–Crippen LogP) is 1.73. The molecule has 0 unspecified atom stereocenters. The fourth-order valence-corrected chi connectivity index (χ4v) is 2.03. The molecular formula is C16H38N4. The minimum atomic E-state index is 1.06. The Balaban J connectivity index is 2.89. The molecule has 0 aromatic heterocycles. The molecule has 0 radical (unpaired) electrons. The molecule has 0 aliphatic carbocycles. The molecule has 4 N–H and O–H groups in total. The molecule has 4 nitrogen and oxygen atoms in total. The summed E-state index contributed by atoms with van der Waals surface area (Å²) in [6.07, 6.45) is 7.92. The first-order valence-electron chi connectivity index (χ1n) is 8.74. The van der Waals surface area contributed by atoms with E-state index < -0.39 is 0 Å². The average molecular weight is 287 g/mol. The van der Waals surface area contributed by atoms with Crippen molar-refractivity contribution < 1.29 is 0 Å². The molecule has 0 saturated heterocycles. The molecule has 0 rings (SSSR count). The Morgan fingerprint density at radius 3 is 1.00 bits per heavy atom. The molecule has 0 spiro atoms. The van der Waals surface area contributed by atoms with Crippen molar-refractivity contribution in [3.05, 3.63) is 0 Å². The number of rotatable bonds is 17. The molecule has 0 aliphatic heterocycles. The molecule has 0 fully saturated rings. The molecule has 4 heteroatoms. The summed E-state index contributed by atoms with van der Waals surface area (Å²) in [6, 6.07) is 0. The van der Waals surface area contributed by atoms with Gasteiger partial charge in [-0.05, 0) is 25.9 Å². The van der Waals surface area contributed by atoms with Crippen LogP contribution >= 0.6 is 0 Å². The lowest BCUT2D eigenvalue weighted by molar-refractivity contribution is 0.551. The van der Waals surface area contributed by atoms with Crippen LogP contribution in [0.3, 0.4) is 0 Å². The van der Waals surface area contributed by atoms with Gasteiger partial charge >= 0.3 is 0 Å². The van der Waals surface area contributed by atoms with E-state index in [0.717, 1.165) is 52.4 Å². The van der Waals surface area contributed by atoms with Gasteiger partial charge in [0.25, 0.3) is 0 Å². The standard InChI is InChI=1S/C16H38N4/c1-3-5-7-9-17-11-13-19-15-16-20-14-12-18-10-8-6-4-2/h17-20H,3-16H2,1-2H3. The average Bonchev–Trinajstić information content (AvgIpc) is 2.47. The Bertz CT molecular complexity index is 147. The fraction of sp³-hybridized carbons (Fsp3) is 1.00. The number of hydrogen-bond donors (Lipinski definition) is 4. The van der Waals surface area contributed by atoms with E-state index in [-0.39, 0.29) is 0 Å². The molecule has 0 bridgehead atoms. The van der Waals surface area contributed by atoms with E-state index in [0.29, 0.717) is 0 Å². The Hall–Kier alpha value is -0.160. The minimum Gasteiger partial charge on any atom is -0.315 e. The van der Waals surface area contributed by atoms with E-state index in [4.69, 9.17) is 0 Å². The lowest BCUT2D eigenvalue weighted by atomic mass is 10.2. The molecule has 122 valence electrons. The van der Waals surface area contributed by atoms with Crippen LogP contribution in [-0.4, -0.2) is 52.4 Å². The van der Waals surface area contributed by atoms with Gasteiger partial charge < -0.3 is 21.3 Å². The first-order valence-corrected chi connectivity index (χ1v) is 8.74. The lowest BCUT2D eigenvalue weighted by Crippen LogP contribution is -2.35. The van der Waals surface area contributed by atoms with E-state index >= 15 is 0 Å². The van der Waals surface area contributed by atoms with Gasteiger partial charge in [-0.2, -0.15) is 0 Å².